The first-order valence-corrected chi connectivity index (χ1v) is 6.84. The smallest absolute Gasteiger partial charge is 0.326 e. The van der Waals surface area contributed by atoms with Crippen molar-refractivity contribution in [3.63, 3.8) is 0 Å². The van der Waals surface area contributed by atoms with Gasteiger partial charge in [-0.15, -0.1) is 0 Å². The number of rotatable bonds is 5. The number of carboxylic acid groups (broad SMARTS) is 1. The van der Waals surface area contributed by atoms with Gasteiger partial charge in [0.1, 0.15) is 6.04 Å². The molecule has 1 aliphatic rings. The number of carbonyl (C=O) groups excluding carboxylic acids is 1. The minimum atomic E-state index is -1.06. The molecule has 7 nitrogen and oxygen atoms in total. The Morgan fingerprint density at radius 1 is 1.50 bits per heavy atom. The van der Waals surface area contributed by atoms with E-state index in [2.05, 4.69) is 15.3 Å². The van der Waals surface area contributed by atoms with Gasteiger partial charge in [0.15, 0.2) is 0 Å². The van der Waals surface area contributed by atoms with Gasteiger partial charge in [0.25, 0.3) is 0 Å². The van der Waals surface area contributed by atoms with Crippen LogP contribution in [0.25, 0.3) is 0 Å². The lowest BCUT2D eigenvalue weighted by molar-refractivity contribution is -0.142. The van der Waals surface area contributed by atoms with Crippen LogP contribution in [0.15, 0.2) is 12.5 Å². The molecule has 1 amide bonds. The van der Waals surface area contributed by atoms with Gasteiger partial charge in [-0.3, -0.25) is 4.79 Å². The third kappa shape index (κ3) is 3.57. The van der Waals surface area contributed by atoms with Crippen LogP contribution in [0, 0.1) is 5.92 Å². The van der Waals surface area contributed by atoms with Gasteiger partial charge in [-0.25, -0.2) is 9.78 Å². The summed E-state index contributed by atoms with van der Waals surface area (Å²) >= 11 is 0. The fourth-order valence-electron chi connectivity index (χ4n) is 2.58. The summed E-state index contributed by atoms with van der Waals surface area (Å²) < 4.78 is 0. The van der Waals surface area contributed by atoms with Gasteiger partial charge in [0.05, 0.1) is 12.2 Å². The van der Waals surface area contributed by atoms with E-state index in [4.69, 9.17) is 5.73 Å². The number of aliphatic carboxylic acids is 1. The highest BCUT2D eigenvalue weighted by Gasteiger charge is 2.31. The van der Waals surface area contributed by atoms with E-state index in [1.807, 2.05) is 0 Å². The number of nitrogens with zero attached hydrogens (tertiary/aromatic N) is 1. The maximum Gasteiger partial charge on any atom is 0.326 e. The molecule has 1 heterocycles. The molecule has 0 aliphatic heterocycles. The zero-order valence-corrected chi connectivity index (χ0v) is 11.2. The summed E-state index contributed by atoms with van der Waals surface area (Å²) in [6.45, 7) is 0. The SMILES string of the molecule is NC1CCCCC1C(=O)N[C@H](Cc1cnc[nH]1)C(=O)O. The van der Waals surface area contributed by atoms with Gasteiger partial charge < -0.3 is 21.1 Å². The topological polar surface area (TPSA) is 121 Å². The number of nitrogens with two attached hydrogens (primary N) is 1. The summed E-state index contributed by atoms with van der Waals surface area (Å²) in [6, 6.07) is -1.14. The van der Waals surface area contributed by atoms with Crippen molar-refractivity contribution in [1.29, 1.82) is 0 Å². The lowest BCUT2D eigenvalue weighted by atomic mass is 9.84. The largest absolute Gasteiger partial charge is 0.480 e. The molecule has 3 atom stereocenters. The number of hydrogen-bond acceptors (Lipinski definition) is 4. The van der Waals surface area contributed by atoms with E-state index in [-0.39, 0.29) is 24.3 Å². The van der Waals surface area contributed by atoms with E-state index in [1.54, 1.807) is 6.20 Å². The number of amides is 1. The summed E-state index contributed by atoms with van der Waals surface area (Å²) in [4.78, 5) is 30.1. The average Bonchev–Trinajstić information content (AvgIpc) is 2.91. The molecule has 1 fully saturated rings. The van der Waals surface area contributed by atoms with Crippen LogP contribution in [0.4, 0.5) is 0 Å². The minimum Gasteiger partial charge on any atom is -0.480 e. The summed E-state index contributed by atoms with van der Waals surface area (Å²) in [5.74, 6) is -1.60. The molecule has 0 aromatic carbocycles. The van der Waals surface area contributed by atoms with Gasteiger partial charge in [0.2, 0.25) is 5.91 Å². The van der Waals surface area contributed by atoms with Crippen molar-refractivity contribution in [1.82, 2.24) is 15.3 Å². The quantitative estimate of drug-likeness (QED) is 0.606. The second-order valence-corrected chi connectivity index (χ2v) is 5.24. The van der Waals surface area contributed by atoms with Crippen LogP contribution in [0.5, 0.6) is 0 Å². The molecule has 2 unspecified atom stereocenters. The van der Waals surface area contributed by atoms with Gasteiger partial charge in [0, 0.05) is 24.4 Å². The van der Waals surface area contributed by atoms with Crippen LogP contribution in [-0.2, 0) is 16.0 Å². The first-order chi connectivity index (χ1) is 9.58. The first kappa shape index (κ1) is 14.5. The number of aromatic amines is 1. The lowest BCUT2D eigenvalue weighted by Crippen LogP contribution is -2.49. The number of hydrogen-bond donors (Lipinski definition) is 4. The monoisotopic (exact) mass is 280 g/mol. The Bertz CT molecular complexity index is 460. The number of aromatic nitrogens is 2. The Kier molecular flexibility index (Phi) is 4.73. The zero-order valence-electron chi connectivity index (χ0n) is 11.2. The van der Waals surface area contributed by atoms with Gasteiger partial charge in [-0.1, -0.05) is 12.8 Å². The minimum absolute atomic E-state index is 0.176. The molecule has 0 bridgehead atoms. The van der Waals surface area contributed by atoms with Gasteiger partial charge >= 0.3 is 5.97 Å². The molecule has 110 valence electrons. The van der Waals surface area contributed by atoms with E-state index in [0.717, 1.165) is 25.7 Å². The van der Waals surface area contributed by atoms with Gasteiger partial charge in [-0.05, 0) is 12.8 Å². The lowest BCUT2D eigenvalue weighted by Gasteiger charge is -2.28. The second-order valence-electron chi connectivity index (χ2n) is 5.24. The number of carbonyl (C=O) groups is 2. The second kappa shape index (κ2) is 6.51. The van der Waals surface area contributed by atoms with Crippen LogP contribution in [0.3, 0.4) is 0 Å². The number of carboxylic acids is 1. The highest BCUT2D eigenvalue weighted by molar-refractivity contribution is 5.85. The fourth-order valence-corrected chi connectivity index (χ4v) is 2.58. The molecule has 1 aliphatic carbocycles. The maximum absolute atomic E-state index is 12.2. The van der Waals surface area contributed by atoms with Crippen molar-refractivity contribution in [2.75, 3.05) is 0 Å². The Labute approximate surface area is 117 Å². The van der Waals surface area contributed by atoms with Gasteiger partial charge in [-0.2, -0.15) is 0 Å². The molecule has 0 radical (unpaired) electrons. The number of nitrogens with one attached hydrogen (secondary N) is 2. The molecule has 5 N–H and O–H groups in total. The molecule has 0 spiro atoms. The maximum atomic E-state index is 12.2. The van der Waals surface area contributed by atoms with Crippen molar-refractivity contribution >= 4 is 11.9 Å². The molecule has 20 heavy (non-hydrogen) atoms. The predicted molar refractivity (Wildman–Crippen MR) is 71.8 cm³/mol. The number of H-pyrrole nitrogens is 1. The normalized spacial score (nSPS) is 24.1. The predicted octanol–water partition coefficient (Wildman–Crippen LogP) is 0.0391. The van der Waals surface area contributed by atoms with Crippen molar-refractivity contribution in [2.24, 2.45) is 11.7 Å². The average molecular weight is 280 g/mol. The molecule has 1 aromatic rings. The fraction of sp³-hybridized carbons (Fsp3) is 0.615. The van der Waals surface area contributed by atoms with E-state index >= 15 is 0 Å². The van der Waals surface area contributed by atoms with E-state index in [9.17, 15) is 14.7 Å². The summed E-state index contributed by atoms with van der Waals surface area (Å²) in [5.41, 5.74) is 6.62. The Hall–Kier alpha value is -1.89. The van der Waals surface area contributed by atoms with E-state index in [0.29, 0.717) is 5.69 Å². The molecular formula is C13H20N4O3. The summed E-state index contributed by atoms with van der Waals surface area (Å²) in [7, 11) is 0. The highest BCUT2D eigenvalue weighted by atomic mass is 16.4. The van der Waals surface area contributed by atoms with Crippen LogP contribution in [0.1, 0.15) is 31.4 Å². The summed E-state index contributed by atoms with van der Waals surface area (Å²) in [6.07, 6.45) is 6.75. The van der Waals surface area contributed by atoms with Crippen molar-refractivity contribution in [2.45, 2.75) is 44.2 Å². The van der Waals surface area contributed by atoms with E-state index < -0.39 is 12.0 Å². The van der Waals surface area contributed by atoms with Crippen molar-refractivity contribution in [3.05, 3.63) is 18.2 Å². The van der Waals surface area contributed by atoms with Crippen LogP contribution >= 0.6 is 0 Å². The standard InChI is InChI=1S/C13H20N4O3/c14-10-4-2-1-3-9(10)12(18)17-11(13(19)20)5-8-6-15-7-16-8/h6-7,9-11H,1-5,14H2,(H,15,16)(H,17,18)(H,19,20)/t9?,10?,11-/m1/s1. The molecule has 1 aromatic heterocycles. The Balaban J connectivity index is 1.96. The molecule has 0 saturated heterocycles. The van der Waals surface area contributed by atoms with Crippen molar-refractivity contribution < 1.29 is 14.7 Å². The van der Waals surface area contributed by atoms with Crippen LogP contribution in [-0.4, -0.2) is 39.0 Å². The molecular weight excluding hydrogens is 260 g/mol. The third-order valence-electron chi connectivity index (χ3n) is 3.75. The van der Waals surface area contributed by atoms with Crippen LogP contribution < -0.4 is 11.1 Å². The van der Waals surface area contributed by atoms with E-state index in [1.165, 1.54) is 6.33 Å². The third-order valence-corrected chi connectivity index (χ3v) is 3.75. The molecule has 2 rings (SSSR count). The first-order valence-electron chi connectivity index (χ1n) is 6.84. The van der Waals surface area contributed by atoms with Crippen molar-refractivity contribution in [3.8, 4) is 0 Å². The Morgan fingerprint density at radius 2 is 2.25 bits per heavy atom. The Morgan fingerprint density at radius 3 is 2.85 bits per heavy atom. The molecule has 1 saturated carbocycles. The van der Waals surface area contributed by atoms with Crippen LogP contribution in [0.2, 0.25) is 0 Å². The summed E-state index contributed by atoms with van der Waals surface area (Å²) in [5, 5.41) is 11.8. The zero-order chi connectivity index (χ0) is 14.5. The highest BCUT2D eigenvalue weighted by Crippen LogP contribution is 2.23. The molecule has 7 heteroatoms. The number of imidazole rings is 1.